The van der Waals surface area contributed by atoms with Crippen LogP contribution >= 0.6 is 0 Å². The third kappa shape index (κ3) is 1.73. The number of aryl methyl sites for hydroxylation is 1. The average Bonchev–Trinajstić information content (AvgIpc) is 3.05. The first-order valence-corrected chi connectivity index (χ1v) is 7.09. The van der Waals surface area contributed by atoms with Gasteiger partial charge in [-0.15, -0.1) is 5.10 Å². The van der Waals surface area contributed by atoms with E-state index >= 15 is 0 Å². The van der Waals surface area contributed by atoms with Crippen molar-refractivity contribution in [3.8, 4) is 5.69 Å². The zero-order valence-electron chi connectivity index (χ0n) is 11.8. The van der Waals surface area contributed by atoms with Gasteiger partial charge in [0.2, 0.25) is 0 Å². The smallest absolute Gasteiger partial charge is 0.113 e. The highest BCUT2D eigenvalue weighted by molar-refractivity contribution is 5.76. The molecule has 0 atom stereocenters. The number of benzene rings is 2. The minimum absolute atomic E-state index is 0.372. The van der Waals surface area contributed by atoms with Crippen LogP contribution < -0.4 is 0 Å². The van der Waals surface area contributed by atoms with Gasteiger partial charge in [-0.3, -0.25) is 0 Å². The molecular formula is C17H17N3. The Morgan fingerprint density at radius 2 is 1.90 bits per heavy atom. The molecule has 0 aliphatic heterocycles. The van der Waals surface area contributed by atoms with E-state index in [-0.39, 0.29) is 0 Å². The number of nitrogens with zero attached hydrogens (tertiary/aromatic N) is 3. The number of fused-ring (bicyclic) bond motifs is 1. The molecule has 1 aromatic heterocycles. The first kappa shape index (κ1) is 11.6. The molecule has 1 aliphatic rings. The molecule has 1 heterocycles. The molecule has 2 aromatic carbocycles. The Hall–Kier alpha value is -2.16. The van der Waals surface area contributed by atoms with Crippen molar-refractivity contribution in [2.24, 2.45) is 0 Å². The summed E-state index contributed by atoms with van der Waals surface area (Å²) < 4.78 is 1.94. The van der Waals surface area contributed by atoms with Crippen molar-refractivity contribution < 1.29 is 0 Å². The molecule has 0 N–H and O–H groups in total. The number of para-hydroxylation sites is 1. The number of hydrogen-bond acceptors (Lipinski definition) is 2. The zero-order chi connectivity index (χ0) is 13.7. The maximum absolute atomic E-state index is 4.32. The SMILES string of the molecule is Cc1cc(-n2nnc3ccccc32)cc(C2(C)CC2)c1. The highest BCUT2D eigenvalue weighted by Crippen LogP contribution is 2.48. The van der Waals surface area contributed by atoms with Gasteiger partial charge >= 0.3 is 0 Å². The van der Waals surface area contributed by atoms with Crippen LogP contribution in [-0.4, -0.2) is 15.0 Å². The molecule has 4 rings (SSSR count). The van der Waals surface area contributed by atoms with Gasteiger partial charge in [0.1, 0.15) is 5.52 Å². The first-order valence-electron chi connectivity index (χ1n) is 7.09. The van der Waals surface area contributed by atoms with Gasteiger partial charge in [-0.05, 0) is 60.6 Å². The van der Waals surface area contributed by atoms with Crippen LogP contribution in [0.4, 0.5) is 0 Å². The van der Waals surface area contributed by atoms with Gasteiger partial charge in [0.15, 0.2) is 0 Å². The molecule has 3 aromatic rings. The van der Waals surface area contributed by atoms with Gasteiger partial charge in [-0.25, -0.2) is 4.68 Å². The largest absolute Gasteiger partial charge is 0.213 e. The normalized spacial score (nSPS) is 16.5. The Labute approximate surface area is 118 Å². The van der Waals surface area contributed by atoms with E-state index in [1.54, 1.807) is 0 Å². The molecule has 1 saturated carbocycles. The zero-order valence-corrected chi connectivity index (χ0v) is 11.8. The quantitative estimate of drug-likeness (QED) is 0.704. The van der Waals surface area contributed by atoms with Gasteiger partial charge < -0.3 is 0 Å². The second-order valence-corrected chi connectivity index (χ2v) is 6.11. The fourth-order valence-corrected chi connectivity index (χ4v) is 2.77. The third-order valence-corrected chi connectivity index (χ3v) is 4.36. The van der Waals surface area contributed by atoms with Gasteiger partial charge in [-0.2, -0.15) is 0 Å². The van der Waals surface area contributed by atoms with Crippen LogP contribution in [0.2, 0.25) is 0 Å². The van der Waals surface area contributed by atoms with Crippen LogP contribution in [0, 0.1) is 6.92 Å². The van der Waals surface area contributed by atoms with E-state index in [0.717, 1.165) is 16.7 Å². The van der Waals surface area contributed by atoms with E-state index in [4.69, 9.17) is 0 Å². The molecule has 1 fully saturated rings. The van der Waals surface area contributed by atoms with Gasteiger partial charge in [0.25, 0.3) is 0 Å². The minimum Gasteiger partial charge on any atom is -0.213 e. The van der Waals surface area contributed by atoms with Crippen LogP contribution in [0.15, 0.2) is 42.5 Å². The van der Waals surface area contributed by atoms with Crippen molar-refractivity contribution in [2.75, 3.05) is 0 Å². The highest BCUT2D eigenvalue weighted by Gasteiger charge is 2.39. The van der Waals surface area contributed by atoms with Crippen molar-refractivity contribution in [3.63, 3.8) is 0 Å². The summed E-state index contributed by atoms with van der Waals surface area (Å²) in [6.07, 6.45) is 2.57. The molecule has 0 radical (unpaired) electrons. The standard InChI is InChI=1S/C17H17N3/c1-12-9-13(17(2)7-8-17)11-14(10-12)20-16-6-4-3-5-15(16)18-19-20/h3-6,9-11H,7-8H2,1-2H3. The number of hydrogen-bond donors (Lipinski definition) is 0. The maximum Gasteiger partial charge on any atom is 0.113 e. The molecule has 100 valence electrons. The van der Waals surface area contributed by atoms with Crippen LogP contribution in [0.3, 0.4) is 0 Å². The summed E-state index contributed by atoms with van der Waals surface area (Å²) in [6, 6.07) is 14.8. The first-order chi connectivity index (χ1) is 9.66. The van der Waals surface area contributed by atoms with Crippen LogP contribution in [-0.2, 0) is 5.41 Å². The van der Waals surface area contributed by atoms with E-state index in [1.165, 1.54) is 24.0 Å². The second kappa shape index (κ2) is 3.92. The monoisotopic (exact) mass is 263 g/mol. The number of aromatic nitrogens is 3. The fourth-order valence-electron chi connectivity index (χ4n) is 2.77. The molecule has 0 amide bonds. The second-order valence-electron chi connectivity index (χ2n) is 6.11. The lowest BCUT2D eigenvalue weighted by atomic mass is 9.96. The summed E-state index contributed by atoms with van der Waals surface area (Å²) in [7, 11) is 0. The van der Waals surface area contributed by atoms with Crippen LogP contribution in [0.1, 0.15) is 30.9 Å². The highest BCUT2D eigenvalue weighted by atomic mass is 15.4. The molecule has 3 nitrogen and oxygen atoms in total. The summed E-state index contributed by atoms with van der Waals surface area (Å²) in [5.74, 6) is 0. The van der Waals surface area contributed by atoms with Crippen LogP contribution in [0.25, 0.3) is 16.7 Å². The summed E-state index contributed by atoms with van der Waals surface area (Å²) in [6.45, 7) is 4.49. The molecule has 0 spiro atoms. The Bertz CT molecular complexity index is 797. The van der Waals surface area contributed by atoms with Gasteiger partial charge in [-0.1, -0.05) is 30.3 Å². The fraction of sp³-hybridized carbons (Fsp3) is 0.294. The van der Waals surface area contributed by atoms with E-state index in [0.29, 0.717) is 5.41 Å². The lowest BCUT2D eigenvalue weighted by Crippen LogP contribution is -2.04. The van der Waals surface area contributed by atoms with E-state index in [2.05, 4.69) is 48.4 Å². The predicted molar refractivity (Wildman–Crippen MR) is 80.2 cm³/mol. The van der Waals surface area contributed by atoms with Crippen molar-refractivity contribution in [1.82, 2.24) is 15.0 Å². The molecule has 0 unspecified atom stereocenters. The topological polar surface area (TPSA) is 30.7 Å². The summed E-state index contributed by atoms with van der Waals surface area (Å²) in [5.41, 5.74) is 6.19. The molecule has 20 heavy (non-hydrogen) atoms. The molecule has 0 saturated heterocycles. The average molecular weight is 263 g/mol. The van der Waals surface area contributed by atoms with E-state index in [1.807, 2.05) is 22.9 Å². The Kier molecular flexibility index (Phi) is 2.28. The summed E-state index contributed by atoms with van der Waals surface area (Å²) in [5, 5.41) is 8.56. The van der Waals surface area contributed by atoms with Crippen LogP contribution in [0.5, 0.6) is 0 Å². The van der Waals surface area contributed by atoms with Crippen molar-refractivity contribution in [1.29, 1.82) is 0 Å². The third-order valence-electron chi connectivity index (χ3n) is 4.36. The van der Waals surface area contributed by atoms with Crippen molar-refractivity contribution >= 4 is 11.0 Å². The van der Waals surface area contributed by atoms with Crippen molar-refractivity contribution in [2.45, 2.75) is 32.1 Å². The lowest BCUT2D eigenvalue weighted by molar-refractivity contribution is 0.775. The maximum atomic E-state index is 4.32. The lowest BCUT2D eigenvalue weighted by Gasteiger charge is -2.13. The van der Waals surface area contributed by atoms with E-state index in [9.17, 15) is 0 Å². The van der Waals surface area contributed by atoms with E-state index < -0.39 is 0 Å². The summed E-state index contributed by atoms with van der Waals surface area (Å²) in [4.78, 5) is 0. The Morgan fingerprint density at radius 3 is 2.70 bits per heavy atom. The molecule has 1 aliphatic carbocycles. The molecule has 0 bridgehead atoms. The Balaban J connectivity index is 1.92. The minimum atomic E-state index is 0.372. The number of rotatable bonds is 2. The van der Waals surface area contributed by atoms with Crippen molar-refractivity contribution in [3.05, 3.63) is 53.6 Å². The molecule has 3 heteroatoms. The van der Waals surface area contributed by atoms with Gasteiger partial charge in [0.05, 0.1) is 11.2 Å². The summed E-state index contributed by atoms with van der Waals surface area (Å²) >= 11 is 0. The van der Waals surface area contributed by atoms with Gasteiger partial charge in [0, 0.05) is 0 Å². The molecular weight excluding hydrogens is 246 g/mol. The Morgan fingerprint density at radius 1 is 1.10 bits per heavy atom. The predicted octanol–water partition coefficient (Wildman–Crippen LogP) is 3.78.